The zero-order chi connectivity index (χ0) is 15.7. The van der Waals surface area contributed by atoms with Gasteiger partial charge >= 0.3 is 5.97 Å². The van der Waals surface area contributed by atoms with Gasteiger partial charge in [0.15, 0.2) is 10.5 Å². The monoisotopic (exact) mass is 315 g/mol. The van der Waals surface area contributed by atoms with E-state index in [2.05, 4.69) is 5.16 Å². The van der Waals surface area contributed by atoms with Crippen LogP contribution >= 0.6 is 0 Å². The molecule has 0 fully saturated rings. The van der Waals surface area contributed by atoms with Gasteiger partial charge in [-0.15, -0.1) is 0 Å². The molecule has 1 unspecified atom stereocenters. The van der Waals surface area contributed by atoms with Crippen molar-refractivity contribution in [1.29, 1.82) is 0 Å². The quantitative estimate of drug-likeness (QED) is 0.748. The summed E-state index contributed by atoms with van der Waals surface area (Å²) >= 11 is -1.60. The Labute approximate surface area is 129 Å². The Bertz CT molecular complexity index is 829. The molecule has 1 heterocycles. The highest BCUT2D eigenvalue weighted by molar-refractivity contribution is 7.92. The second-order valence-corrected chi connectivity index (χ2v) is 6.27. The van der Waals surface area contributed by atoms with Crippen molar-refractivity contribution >= 4 is 28.1 Å². The van der Waals surface area contributed by atoms with E-state index >= 15 is 0 Å². The van der Waals surface area contributed by atoms with E-state index in [-0.39, 0.29) is 0 Å². The number of hydrogen-bond donors (Lipinski definition) is 1. The maximum absolute atomic E-state index is 12.1. The van der Waals surface area contributed by atoms with Crippen LogP contribution in [0.15, 0.2) is 51.9 Å². The van der Waals surface area contributed by atoms with Crippen LogP contribution in [0.4, 0.5) is 0 Å². The number of carbonyl (C=O) groups is 1. The second kappa shape index (κ2) is 5.82. The maximum atomic E-state index is 12.1. The lowest BCUT2D eigenvalue weighted by Crippen LogP contribution is -2.16. The molecule has 0 amide bonds. The number of aromatic nitrogens is 1. The molecule has 0 radical (unpaired) electrons. The third-order valence-corrected chi connectivity index (χ3v) is 4.83. The Balaban J connectivity index is 2.09. The topological polar surface area (TPSA) is 86.4 Å². The Kier molecular flexibility index (Phi) is 3.87. The summed E-state index contributed by atoms with van der Waals surface area (Å²) in [6.07, 6.45) is 0. The van der Waals surface area contributed by atoms with Crippen LogP contribution in [0.3, 0.4) is 0 Å². The van der Waals surface area contributed by atoms with Crippen LogP contribution in [0, 0.1) is 6.92 Å². The normalized spacial score (nSPS) is 12.5. The van der Waals surface area contributed by atoms with Gasteiger partial charge in [-0.3, -0.25) is 0 Å². The molecule has 0 saturated heterocycles. The van der Waals surface area contributed by atoms with Crippen LogP contribution in [0.5, 0.6) is 0 Å². The zero-order valence-corrected chi connectivity index (χ0v) is 12.6. The summed E-state index contributed by atoms with van der Waals surface area (Å²) < 4.78 is 17.5. The Morgan fingerprint density at radius 3 is 2.68 bits per heavy atom. The number of nitrogens with zero attached hydrogens (tertiary/aromatic N) is 1. The first-order chi connectivity index (χ1) is 10.6. The molecule has 0 aliphatic carbocycles. The summed E-state index contributed by atoms with van der Waals surface area (Å²) in [5.74, 6) is -1.52. The van der Waals surface area contributed by atoms with Gasteiger partial charge in [-0.2, -0.15) is 0 Å². The molecule has 22 heavy (non-hydrogen) atoms. The number of rotatable bonds is 4. The van der Waals surface area contributed by atoms with Gasteiger partial charge in [-0.1, -0.05) is 35.5 Å². The lowest BCUT2D eigenvalue weighted by molar-refractivity contribution is -0.134. The maximum Gasteiger partial charge on any atom is 0.354 e. The molecule has 3 rings (SSSR count). The van der Waals surface area contributed by atoms with Crippen LogP contribution in [0.2, 0.25) is 0 Å². The molecule has 1 N–H and O–H groups in total. The van der Waals surface area contributed by atoms with Gasteiger partial charge in [0.1, 0.15) is 5.69 Å². The van der Waals surface area contributed by atoms with Gasteiger partial charge in [-0.25, -0.2) is 4.79 Å². The fraction of sp³-hybridized carbons (Fsp3) is 0.125. The van der Waals surface area contributed by atoms with Gasteiger partial charge in [0.25, 0.3) is 0 Å². The Hall–Kier alpha value is -2.31. The lowest BCUT2D eigenvalue weighted by Gasteiger charge is -2.10. The molecule has 1 aromatic heterocycles. The van der Waals surface area contributed by atoms with Crippen molar-refractivity contribution in [2.24, 2.45) is 0 Å². The average Bonchev–Trinajstić information content (AvgIpc) is 2.92. The van der Waals surface area contributed by atoms with Crippen LogP contribution in [-0.2, 0) is 16.0 Å². The Morgan fingerprint density at radius 1 is 1.27 bits per heavy atom. The van der Waals surface area contributed by atoms with Crippen molar-refractivity contribution in [3.05, 3.63) is 48.0 Å². The van der Waals surface area contributed by atoms with E-state index in [4.69, 9.17) is 9.63 Å². The minimum absolute atomic E-state index is 0.425. The highest BCUT2D eigenvalue weighted by Crippen LogP contribution is 2.32. The van der Waals surface area contributed by atoms with Gasteiger partial charge in [0.05, 0.1) is 10.9 Å². The van der Waals surface area contributed by atoms with E-state index in [0.29, 0.717) is 21.7 Å². The van der Waals surface area contributed by atoms with E-state index in [0.717, 1.165) is 10.9 Å². The predicted molar refractivity (Wildman–Crippen MR) is 83.1 cm³/mol. The molecule has 0 aliphatic heterocycles. The minimum atomic E-state index is -1.60. The molecule has 112 valence electrons. The summed E-state index contributed by atoms with van der Waals surface area (Å²) in [5, 5.41) is 13.7. The average molecular weight is 315 g/mol. The van der Waals surface area contributed by atoms with Crippen molar-refractivity contribution in [3.63, 3.8) is 0 Å². The number of benzene rings is 2. The van der Waals surface area contributed by atoms with Gasteiger partial charge in [0.2, 0.25) is 5.75 Å². The number of fused-ring (bicyclic) bond motifs is 1. The van der Waals surface area contributed by atoms with Crippen molar-refractivity contribution < 1.29 is 19.0 Å². The molecule has 0 saturated carbocycles. The fourth-order valence-electron chi connectivity index (χ4n) is 2.36. The smallest absolute Gasteiger partial charge is 0.354 e. The van der Waals surface area contributed by atoms with Crippen molar-refractivity contribution in [3.8, 4) is 11.3 Å². The highest BCUT2D eigenvalue weighted by atomic mass is 32.2. The van der Waals surface area contributed by atoms with Crippen molar-refractivity contribution in [1.82, 2.24) is 5.16 Å². The lowest BCUT2D eigenvalue weighted by atomic mass is 10.1. The number of hydrogen-bond acceptors (Lipinski definition) is 4. The highest BCUT2D eigenvalue weighted by Gasteiger charge is 2.22. The van der Waals surface area contributed by atoms with Crippen molar-refractivity contribution in [2.45, 2.75) is 11.8 Å². The first-order valence-electron chi connectivity index (χ1n) is 6.62. The third-order valence-electron chi connectivity index (χ3n) is 3.39. The summed E-state index contributed by atoms with van der Waals surface area (Å²) in [7, 11) is 0. The van der Waals surface area contributed by atoms with E-state index in [9.17, 15) is 9.35 Å². The number of carboxylic acid groups (broad SMARTS) is 1. The van der Waals surface area contributed by atoms with E-state index < -0.39 is 22.9 Å². The summed E-state index contributed by atoms with van der Waals surface area (Å²) in [5.41, 5.74) is 2.84. The second-order valence-electron chi connectivity index (χ2n) is 4.85. The van der Waals surface area contributed by atoms with Crippen LogP contribution in [-0.4, -0.2) is 26.5 Å². The first kappa shape index (κ1) is 14.6. The number of aryl methyl sites for hydroxylation is 1. The van der Waals surface area contributed by atoms with Gasteiger partial charge in [0, 0.05) is 5.56 Å². The van der Waals surface area contributed by atoms with Crippen LogP contribution in [0.25, 0.3) is 22.2 Å². The first-order valence-corrected chi connectivity index (χ1v) is 7.94. The largest absolute Gasteiger partial charge is 0.611 e. The molecule has 5 nitrogen and oxygen atoms in total. The third kappa shape index (κ3) is 2.58. The fourth-order valence-corrected chi connectivity index (χ4v) is 3.39. The number of carboxylic acids is 1. The molecule has 0 spiro atoms. The van der Waals surface area contributed by atoms with E-state index in [1.54, 1.807) is 19.1 Å². The van der Waals surface area contributed by atoms with Gasteiger partial charge < -0.3 is 14.2 Å². The summed E-state index contributed by atoms with van der Waals surface area (Å²) in [6, 6.07) is 13.1. The molecule has 2 aromatic carbocycles. The molecular weight excluding hydrogens is 302 g/mol. The summed E-state index contributed by atoms with van der Waals surface area (Å²) in [6.45, 7) is 1.76. The molecule has 0 aliphatic rings. The van der Waals surface area contributed by atoms with Crippen LogP contribution in [0.1, 0.15) is 5.56 Å². The SMILES string of the molecule is Cc1c([S+]([O-])CC(=O)O)ccc2c(-c3ccccc3)noc12. The molecule has 6 heteroatoms. The zero-order valence-electron chi connectivity index (χ0n) is 11.8. The molecule has 0 bridgehead atoms. The van der Waals surface area contributed by atoms with E-state index in [1.807, 2.05) is 30.3 Å². The van der Waals surface area contributed by atoms with Crippen molar-refractivity contribution in [2.75, 3.05) is 5.75 Å². The molecule has 1 atom stereocenters. The standard InChI is InChI=1S/C16H13NO4S/c1-10-13(22(20)9-14(18)19)8-7-12-15(17-21-16(10)12)11-5-3-2-4-6-11/h2-8H,9H2,1H3,(H,18,19). The summed E-state index contributed by atoms with van der Waals surface area (Å²) in [4.78, 5) is 11.2. The number of aliphatic carboxylic acids is 1. The van der Waals surface area contributed by atoms with Gasteiger partial charge in [-0.05, 0) is 30.2 Å². The van der Waals surface area contributed by atoms with E-state index in [1.165, 1.54) is 0 Å². The minimum Gasteiger partial charge on any atom is -0.611 e. The Morgan fingerprint density at radius 2 is 2.00 bits per heavy atom. The van der Waals surface area contributed by atoms with Crippen LogP contribution < -0.4 is 0 Å². The predicted octanol–water partition coefficient (Wildman–Crippen LogP) is 3.00. The molecular formula is C16H13NO4S. The molecule has 3 aromatic rings.